The van der Waals surface area contributed by atoms with Gasteiger partial charge in [0.05, 0.1) is 30.0 Å². The molecule has 2 aliphatic rings. The molecule has 2 aliphatic heterocycles. The van der Waals surface area contributed by atoms with Gasteiger partial charge in [-0.05, 0) is 24.7 Å². The lowest BCUT2D eigenvalue weighted by atomic mass is 10.1. The number of rotatable bonds is 4. The third kappa shape index (κ3) is 3.07. The van der Waals surface area contributed by atoms with Crippen molar-refractivity contribution in [2.24, 2.45) is 0 Å². The Bertz CT molecular complexity index is 712. The largest absolute Gasteiger partial charge is 0.376 e. The second kappa shape index (κ2) is 6.55. The van der Waals surface area contributed by atoms with Crippen LogP contribution in [-0.2, 0) is 17.7 Å². The molecule has 1 saturated heterocycles. The SMILES string of the molecule is CSc1nc(NC[C@H]2CCCO2)c2c3c(sc2n1)C[NH+](C)CC3. The summed E-state index contributed by atoms with van der Waals surface area (Å²) < 4.78 is 5.74. The molecule has 0 amide bonds. The zero-order valence-electron chi connectivity index (χ0n) is 13.6. The van der Waals surface area contributed by atoms with Crippen LogP contribution in [0.25, 0.3) is 10.2 Å². The predicted molar refractivity (Wildman–Crippen MR) is 95.8 cm³/mol. The summed E-state index contributed by atoms with van der Waals surface area (Å²) >= 11 is 3.46. The Morgan fingerprint density at radius 1 is 1.43 bits per heavy atom. The van der Waals surface area contributed by atoms with E-state index in [2.05, 4.69) is 12.4 Å². The highest BCUT2D eigenvalue weighted by atomic mass is 32.2. The standard InChI is InChI=1S/C16H22N4OS2/c1-20-6-5-11-12(9-20)23-15-13(11)14(18-16(19-15)22-2)17-8-10-4-3-7-21-10/h10H,3-9H2,1-2H3,(H,17,18,19)/p+1/t10-/m1/s1. The number of ether oxygens (including phenoxy) is 1. The molecule has 0 bridgehead atoms. The molecule has 0 saturated carbocycles. The number of hydrogen-bond donors (Lipinski definition) is 2. The first-order valence-corrected chi connectivity index (χ1v) is 10.3. The Morgan fingerprint density at radius 2 is 2.35 bits per heavy atom. The maximum Gasteiger partial charge on any atom is 0.190 e. The summed E-state index contributed by atoms with van der Waals surface area (Å²) in [7, 11) is 2.27. The molecule has 2 aromatic heterocycles. The van der Waals surface area contributed by atoms with Crippen LogP contribution in [0.5, 0.6) is 0 Å². The fourth-order valence-corrected chi connectivity index (χ4v) is 5.18. The van der Waals surface area contributed by atoms with Gasteiger partial charge in [0.1, 0.15) is 17.2 Å². The van der Waals surface area contributed by atoms with Crippen molar-refractivity contribution in [2.45, 2.75) is 37.1 Å². The second-order valence-electron chi connectivity index (χ2n) is 6.39. The molecule has 4 heterocycles. The van der Waals surface area contributed by atoms with Gasteiger partial charge < -0.3 is 15.0 Å². The lowest BCUT2D eigenvalue weighted by Gasteiger charge is -2.20. The van der Waals surface area contributed by atoms with Crippen LogP contribution in [0.4, 0.5) is 5.82 Å². The van der Waals surface area contributed by atoms with Gasteiger partial charge in [-0.25, -0.2) is 9.97 Å². The minimum atomic E-state index is 0.322. The van der Waals surface area contributed by atoms with E-state index in [1.807, 2.05) is 17.6 Å². The number of anilines is 1. The first-order chi connectivity index (χ1) is 11.2. The molecular weight excluding hydrogens is 328 g/mol. The van der Waals surface area contributed by atoms with Gasteiger partial charge in [-0.15, -0.1) is 11.3 Å². The molecule has 0 aliphatic carbocycles. The summed E-state index contributed by atoms with van der Waals surface area (Å²) in [5.74, 6) is 1.01. The molecule has 0 radical (unpaired) electrons. The van der Waals surface area contributed by atoms with Crippen molar-refractivity contribution in [1.29, 1.82) is 0 Å². The van der Waals surface area contributed by atoms with Gasteiger partial charge in [0.15, 0.2) is 5.16 Å². The maximum absolute atomic E-state index is 5.74. The molecule has 23 heavy (non-hydrogen) atoms. The summed E-state index contributed by atoms with van der Waals surface area (Å²) in [5.41, 5.74) is 1.47. The van der Waals surface area contributed by atoms with Crippen molar-refractivity contribution >= 4 is 39.1 Å². The van der Waals surface area contributed by atoms with Crippen molar-refractivity contribution in [3.05, 3.63) is 10.4 Å². The molecule has 124 valence electrons. The van der Waals surface area contributed by atoms with E-state index in [1.54, 1.807) is 16.7 Å². The minimum Gasteiger partial charge on any atom is -0.376 e. The van der Waals surface area contributed by atoms with E-state index in [0.29, 0.717) is 6.10 Å². The zero-order chi connectivity index (χ0) is 15.8. The molecule has 2 N–H and O–H groups in total. The molecule has 1 fully saturated rings. The third-order valence-corrected chi connectivity index (χ3v) is 6.36. The van der Waals surface area contributed by atoms with Gasteiger partial charge in [-0.2, -0.15) is 0 Å². The number of nitrogens with zero attached hydrogens (tertiary/aromatic N) is 2. The van der Waals surface area contributed by atoms with Crippen molar-refractivity contribution in [1.82, 2.24) is 9.97 Å². The lowest BCUT2D eigenvalue weighted by Crippen LogP contribution is -3.08. The van der Waals surface area contributed by atoms with E-state index in [0.717, 1.165) is 48.3 Å². The quantitative estimate of drug-likeness (QED) is 0.647. The number of aromatic nitrogens is 2. The maximum atomic E-state index is 5.74. The molecule has 7 heteroatoms. The Labute approximate surface area is 144 Å². The molecule has 2 atom stereocenters. The van der Waals surface area contributed by atoms with Crippen LogP contribution < -0.4 is 10.2 Å². The molecule has 4 rings (SSSR count). The summed E-state index contributed by atoms with van der Waals surface area (Å²) in [6, 6.07) is 0. The number of hydrogen-bond acceptors (Lipinski definition) is 6. The second-order valence-corrected chi connectivity index (χ2v) is 8.25. The topological polar surface area (TPSA) is 51.5 Å². The van der Waals surface area contributed by atoms with E-state index in [-0.39, 0.29) is 0 Å². The Morgan fingerprint density at radius 3 is 3.13 bits per heavy atom. The van der Waals surface area contributed by atoms with E-state index < -0.39 is 0 Å². The average Bonchev–Trinajstić information content (AvgIpc) is 3.18. The van der Waals surface area contributed by atoms with E-state index in [9.17, 15) is 0 Å². The van der Waals surface area contributed by atoms with Crippen molar-refractivity contribution in [2.75, 3.05) is 38.3 Å². The van der Waals surface area contributed by atoms with Gasteiger partial charge in [0, 0.05) is 19.6 Å². The van der Waals surface area contributed by atoms with E-state index >= 15 is 0 Å². The van der Waals surface area contributed by atoms with Gasteiger partial charge in [0.25, 0.3) is 0 Å². The first-order valence-electron chi connectivity index (χ1n) is 8.27. The molecule has 0 spiro atoms. The summed E-state index contributed by atoms with van der Waals surface area (Å²) in [6.07, 6.45) is 5.80. The average molecular weight is 352 g/mol. The number of quaternary nitrogens is 1. The van der Waals surface area contributed by atoms with Crippen LogP contribution >= 0.6 is 23.1 Å². The summed E-state index contributed by atoms with van der Waals surface area (Å²) in [4.78, 5) is 13.7. The zero-order valence-corrected chi connectivity index (χ0v) is 15.3. The van der Waals surface area contributed by atoms with Crippen LogP contribution in [0, 0.1) is 0 Å². The van der Waals surface area contributed by atoms with E-state index in [1.165, 1.54) is 28.8 Å². The highest BCUT2D eigenvalue weighted by Crippen LogP contribution is 2.36. The van der Waals surface area contributed by atoms with Gasteiger partial charge >= 0.3 is 0 Å². The smallest absolute Gasteiger partial charge is 0.190 e. The number of thioether (sulfide) groups is 1. The summed E-state index contributed by atoms with van der Waals surface area (Å²) in [5, 5.41) is 5.67. The molecule has 0 aromatic carbocycles. The summed E-state index contributed by atoms with van der Waals surface area (Å²) in [6.45, 7) is 4.03. The van der Waals surface area contributed by atoms with Crippen molar-refractivity contribution in [3.63, 3.8) is 0 Å². The number of thiophene rings is 1. The van der Waals surface area contributed by atoms with Crippen molar-refractivity contribution < 1.29 is 9.64 Å². The molecule has 2 aromatic rings. The Kier molecular flexibility index (Phi) is 4.45. The van der Waals surface area contributed by atoms with Gasteiger partial charge in [0.2, 0.25) is 0 Å². The monoisotopic (exact) mass is 351 g/mol. The third-order valence-electron chi connectivity index (χ3n) is 4.68. The molecular formula is C16H23N4OS2+. The Balaban J connectivity index is 1.71. The predicted octanol–water partition coefficient (Wildman–Crippen LogP) is 1.57. The number of likely N-dealkylation sites (N-methyl/N-ethyl adjacent to an activating group) is 1. The number of nitrogens with one attached hydrogen (secondary N) is 2. The van der Waals surface area contributed by atoms with Gasteiger partial charge in [-0.1, -0.05) is 11.8 Å². The van der Waals surface area contributed by atoms with E-state index in [4.69, 9.17) is 14.7 Å². The Hall–Kier alpha value is -0.890. The highest BCUT2D eigenvalue weighted by molar-refractivity contribution is 7.98. The van der Waals surface area contributed by atoms with Crippen LogP contribution in [0.3, 0.4) is 0 Å². The first kappa shape index (κ1) is 15.6. The van der Waals surface area contributed by atoms with Crippen LogP contribution in [0.15, 0.2) is 5.16 Å². The minimum absolute atomic E-state index is 0.322. The lowest BCUT2D eigenvalue weighted by molar-refractivity contribution is -0.895. The highest BCUT2D eigenvalue weighted by Gasteiger charge is 2.25. The van der Waals surface area contributed by atoms with Gasteiger partial charge in [-0.3, -0.25) is 0 Å². The van der Waals surface area contributed by atoms with Crippen LogP contribution in [0.2, 0.25) is 0 Å². The van der Waals surface area contributed by atoms with Crippen LogP contribution in [0.1, 0.15) is 23.3 Å². The fraction of sp³-hybridized carbons (Fsp3) is 0.625. The fourth-order valence-electron chi connectivity index (χ4n) is 3.43. The normalized spacial score (nSPS) is 24.1. The van der Waals surface area contributed by atoms with Crippen LogP contribution in [-0.4, -0.2) is 49.1 Å². The number of fused-ring (bicyclic) bond motifs is 3. The molecule has 1 unspecified atom stereocenters. The van der Waals surface area contributed by atoms with Crippen molar-refractivity contribution in [3.8, 4) is 0 Å². The molecule has 5 nitrogen and oxygen atoms in total.